The molecule has 0 aliphatic carbocycles. The van der Waals surface area contributed by atoms with Gasteiger partial charge in [0.2, 0.25) is 0 Å². The van der Waals surface area contributed by atoms with Crippen LogP contribution in [0.1, 0.15) is 16.1 Å². The van der Waals surface area contributed by atoms with Crippen LogP contribution in [0.5, 0.6) is 0 Å². The number of hydrogen-bond donors (Lipinski definition) is 1. The number of fused-ring (bicyclic) bond motifs is 1. The molecule has 33 heavy (non-hydrogen) atoms. The van der Waals surface area contributed by atoms with E-state index in [2.05, 4.69) is 25.5 Å². The van der Waals surface area contributed by atoms with Crippen LogP contribution in [0.4, 0.5) is 14.6 Å². The molecule has 0 fully saturated rings. The summed E-state index contributed by atoms with van der Waals surface area (Å²) in [5, 5.41) is 12.7. The van der Waals surface area contributed by atoms with Gasteiger partial charge in [0, 0.05) is 16.7 Å². The van der Waals surface area contributed by atoms with Gasteiger partial charge < -0.3 is 5.32 Å². The summed E-state index contributed by atoms with van der Waals surface area (Å²) in [6.45, 7) is 1.75. The van der Waals surface area contributed by atoms with Crippen molar-refractivity contribution in [1.29, 1.82) is 0 Å². The topological polar surface area (TPSA) is 90.5 Å². The molecular formula is C22H14ClF2N7O. The monoisotopic (exact) mass is 465 g/mol. The first kappa shape index (κ1) is 20.7. The van der Waals surface area contributed by atoms with E-state index < -0.39 is 17.5 Å². The zero-order chi connectivity index (χ0) is 23.1. The minimum Gasteiger partial charge on any atom is -0.306 e. The van der Waals surface area contributed by atoms with E-state index in [0.29, 0.717) is 33.4 Å². The molecule has 0 atom stereocenters. The molecule has 0 spiro atoms. The van der Waals surface area contributed by atoms with E-state index in [9.17, 15) is 13.6 Å². The molecule has 11 heteroatoms. The first-order valence-corrected chi connectivity index (χ1v) is 10.1. The minimum atomic E-state index is -1.11. The summed E-state index contributed by atoms with van der Waals surface area (Å²) in [5.41, 5.74) is 1.84. The Labute approximate surface area is 190 Å². The Morgan fingerprint density at radius 2 is 1.79 bits per heavy atom. The summed E-state index contributed by atoms with van der Waals surface area (Å²) in [7, 11) is 0. The third-order valence-electron chi connectivity index (χ3n) is 4.87. The second kappa shape index (κ2) is 8.06. The molecule has 0 aliphatic rings. The van der Waals surface area contributed by atoms with E-state index in [4.69, 9.17) is 11.6 Å². The lowest BCUT2D eigenvalue weighted by atomic mass is 10.2. The van der Waals surface area contributed by atoms with Gasteiger partial charge in [-0.25, -0.2) is 23.4 Å². The molecule has 8 nitrogen and oxygen atoms in total. The summed E-state index contributed by atoms with van der Waals surface area (Å²) in [6, 6.07) is 11.7. The van der Waals surface area contributed by atoms with Crippen LogP contribution in [0.2, 0.25) is 5.02 Å². The Kier molecular flexibility index (Phi) is 5.06. The lowest BCUT2D eigenvalue weighted by molar-refractivity contribution is 0.102. The Balaban J connectivity index is 1.55. The molecule has 0 aliphatic heterocycles. The van der Waals surface area contributed by atoms with Crippen LogP contribution in [0.15, 0.2) is 61.1 Å². The van der Waals surface area contributed by atoms with Gasteiger partial charge in [-0.3, -0.25) is 4.79 Å². The average Bonchev–Trinajstić information content (AvgIpc) is 3.39. The molecule has 5 rings (SSSR count). The number of carbonyl (C=O) groups excluding carboxylic acids is 1. The van der Waals surface area contributed by atoms with Crippen LogP contribution in [0.3, 0.4) is 0 Å². The lowest BCUT2D eigenvalue weighted by Gasteiger charge is -2.09. The molecule has 0 bridgehead atoms. The van der Waals surface area contributed by atoms with Crippen LogP contribution >= 0.6 is 11.6 Å². The predicted molar refractivity (Wildman–Crippen MR) is 118 cm³/mol. The normalized spacial score (nSPS) is 11.2. The highest BCUT2D eigenvalue weighted by molar-refractivity contribution is 6.30. The summed E-state index contributed by atoms with van der Waals surface area (Å²) < 4.78 is 29.8. The zero-order valence-electron chi connectivity index (χ0n) is 17.0. The van der Waals surface area contributed by atoms with Crippen molar-refractivity contribution in [3.05, 3.63) is 89.0 Å². The molecular weight excluding hydrogens is 452 g/mol. The van der Waals surface area contributed by atoms with Gasteiger partial charge in [-0.05, 0) is 49.4 Å². The maximum absolute atomic E-state index is 13.6. The van der Waals surface area contributed by atoms with E-state index in [1.807, 2.05) is 12.1 Å². The van der Waals surface area contributed by atoms with Gasteiger partial charge in [-0.2, -0.15) is 14.9 Å². The second-order valence-corrected chi connectivity index (χ2v) is 7.57. The fraction of sp³-hybridized carbons (Fsp3) is 0.0455. The lowest BCUT2D eigenvalue weighted by Crippen LogP contribution is -2.16. The molecule has 3 aromatic heterocycles. The number of nitrogens with zero attached hydrogens (tertiary/aromatic N) is 6. The molecule has 3 heterocycles. The summed E-state index contributed by atoms with van der Waals surface area (Å²) >= 11 is 5.98. The molecule has 0 saturated heterocycles. The summed E-state index contributed by atoms with van der Waals surface area (Å²) in [5.74, 6) is -2.10. The molecule has 1 amide bonds. The van der Waals surface area contributed by atoms with Crippen molar-refractivity contribution < 1.29 is 13.6 Å². The Morgan fingerprint density at radius 1 is 1.00 bits per heavy atom. The Hall–Kier alpha value is -4.18. The highest BCUT2D eigenvalue weighted by Crippen LogP contribution is 2.25. The fourth-order valence-corrected chi connectivity index (χ4v) is 3.47. The molecule has 2 aromatic carbocycles. The number of aromatic nitrogens is 6. The standard InChI is InChI=1S/C22H14ClF2N7O/c1-12-8-19(29-22(33)13-2-7-17(24)18(25)9-13)32(30-12)21-16-10-28-31(20(16)26-11-27-21)15-5-3-14(23)4-6-15/h2-11H,1H3,(H,29,33). The smallest absolute Gasteiger partial charge is 0.256 e. The molecule has 5 aromatic rings. The maximum atomic E-state index is 13.6. The van der Waals surface area contributed by atoms with E-state index in [1.54, 1.807) is 36.0 Å². The van der Waals surface area contributed by atoms with Crippen LogP contribution in [-0.2, 0) is 0 Å². The van der Waals surface area contributed by atoms with Crippen molar-refractivity contribution in [2.75, 3.05) is 5.32 Å². The van der Waals surface area contributed by atoms with E-state index in [0.717, 1.165) is 17.8 Å². The number of amides is 1. The highest BCUT2D eigenvalue weighted by atomic mass is 35.5. The molecule has 1 N–H and O–H groups in total. The average molecular weight is 466 g/mol. The first-order chi connectivity index (χ1) is 15.9. The predicted octanol–water partition coefficient (Wildman–Crippen LogP) is 4.49. The zero-order valence-corrected chi connectivity index (χ0v) is 17.8. The van der Waals surface area contributed by atoms with Gasteiger partial charge in [0.05, 0.1) is 23.0 Å². The van der Waals surface area contributed by atoms with Gasteiger partial charge in [0.25, 0.3) is 5.91 Å². The Bertz CT molecular complexity index is 1510. The van der Waals surface area contributed by atoms with Crippen molar-refractivity contribution in [2.24, 2.45) is 0 Å². The van der Waals surface area contributed by atoms with Gasteiger partial charge in [-0.1, -0.05) is 11.6 Å². The highest BCUT2D eigenvalue weighted by Gasteiger charge is 2.18. The van der Waals surface area contributed by atoms with Crippen LogP contribution in [-0.4, -0.2) is 35.4 Å². The largest absolute Gasteiger partial charge is 0.306 e. The van der Waals surface area contributed by atoms with Gasteiger partial charge in [0.1, 0.15) is 12.1 Å². The number of benzene rings is 2. The van der Waals surface area contributed by atoms with Crippen molar-refractivity contribution in [1.82, 2.24) is 29.5 Å². The fourth-order valence-electron chi connectivity index (χ4n) is 3.35. The minimum absolute atomic E-state index is 0.0392. The van der Waals surface area contributed by atoms with Gasteiger partial charge in [0.15, 0.2) is 23.1 Å². The quantitative estimate of drug-likeness (QED) is 0.422. The van der Waals surface area contributed by atoms with Gasteiger partial charge >= 0.3 is 0 Å². The van der Waals surface area contributed by atoms with Crippen molar-refractivity contribution >= 4 is 34.4 Å². The van der Waals surface area contributed by atoms with Crippen molar-refractivity contribution in [3.63, 3.8) is 0 Å². The van der Waals surface area contributed by atoms with E-state index >= 15 is 0 Å². The van der Waals surface area contributed by atoms with Crippen molar-refractivity contribution in [2.45, 2.75) is 6.92 Å². The number of halogens is 3. The van der Waals surface area contributed by atoms with Gasteiger partial charge in [-0.15, -0.1) is 0 Å². The number of hydrogen-bond acceptors (Lipinski definition) is 5. The molecule has 164 valence electrons. The van der Waals surface area contributed by atoms with Crippen LogP contribution < -0.4 is 5.32 Å². The number of carbonyl (C=O) groups is 1. The maximum Gasteiger partial charge on any atom is 0.256 e. The number of aryl methyl sites for hydroxylation is 1. The Morgan fingerprint density at radius 3 is 2.55 bits per heavy atom. The number of nitrogens with one attached hydrogen (secondary N) is 1. The SMILES string of the molecule is Cc1cc(NC(=O)c2ccc(F)c(F)c2)n(-c2ncnc3c2cnn3-c2ccc(Cl)cc2)n1. The van der Waals surface area contributed by atoms with E-state index in [1.165, 1.54) is 17.1 Å². The van der Waals surface area contributed by atoms with E-state index in [-0.39, 0.29) is 5.56 Å². The second-order valence-electron chi connectivity index (χ2n) is 7.13. The molecule has 0 saturated carbocycles. The third kappa shape index (κ3) is 3.80. The summed E-state index contributed by atoms with van der Waals surface area (Å²) in [4.78, 5) is 21.3. The number of rotatable bonds is 4. The third-order valence-corrected chi connectivity index (χ3v) is 5.12. The van der Waals surface area contributed by atoms with Crippen LogP contribution in [0, 0.1) is 18.6 Å². The summed E-state index contributed by atoms with van der Waals surface area (Å²) in [6.07, 6.45) is 2.96. The first-order valence-electron chi connectivity index (χ1n) is 9.69. The van der Waals surface area contributed by atoms with Crippen molar-refractivity contribution in [3.8, 4) is 11.5 Å². The number of anilines is 1. The molecule has 0 unspecified atom stereocenters. The molecule has 0 radical (unpaired) electrons. The van der Waals surface area contributed by atoms with Crippen LogP contribution in [0.25, 0.3) is 22.5 Å².